The van der Waals surface area contributed by atoms with Gasteiger partial charge in [0.15, 0.2) is 0 Å². The zero-order valence-corrected chi connectivity index (χ0v) is 10.5. The van der Waals surface area contributed by atoms with E-state index in [0.717, 1.165) is 21.9 Å². The van der Waals surface area contributed by atoms with Gasteiger partial charge in [0, 0.05) is 5.22 Å². The van der Waals surface area contributed by atoms with Gasteiger partial charge in [0.25, 0.3) is 0 Å². The predicted octanol–water partition coefficient (Wildman–Crippen LogP) is 2.78. The van der Waals surface area contributed by atoms with Crippen molar-refractivity contribution in [2.24, 2.45) is 0 Å². The van der Waals surface area contributed by atoms with Gasteiger partial charge in [0.2, 0.25) is 0 Å². The molecule has 0 fully saturated rings. The van der Waals surface area contributed by atoms with Gasteiger partial charge in [0.1, 0.15) is 11.5 Å². The molecule has 2 rings (SSSR count). The summed E-state index contributed by atoms with van der Waals surface area (Å²) in [6.07, 6.45) is 1.71. The van der Waals surface area contributed by atoms with Crippen LogP contribution in [0.25, 0.3) is 12.3 Å². The third-order valence-corrected chi connectivity index (χ3v) is 2.72. The summed E-state index contributed by atoms with van der Waals surface area (Å²) >= 11 is 0. The molecule has 1 heteroatoms. The van der Waals surface area contributed by atoms with Crippen LogP contribution in [0.15, 0.2) is 61.2 Å². The van der Waals surface area contributed by atoms with Crippen molar-refractivity contribution < 1.29 is 4.74 Å². The third-order valence-electron chi connectivity index (χ3n) is 2.72. The molecule has 0 unspecified atom stereocenters. The second-order valence-corrected chi connectivity index (χ2v) is 4.14. The summed E-state index contributed by atoms with van der Waals surface area (Å²) in [6, 6.07) is 15.8. The highest BCUT2D eigenvalue weighted by molar-refractivity contribution is 5.52. The van der Waals surface area contributed by atoms with Crippen molar-refractivity contribution in [2.75, 3.05) is 0 Å². The van der Waals surface area contributed by atoms with Gasteiger partial charge < -0.3 is 4.74 Å². The first-order valence-corrected chi connectivity index (χ1v) is 5.86. The molecule has 18 heavy (non-hydrogen) atoms. The van der Waals surface area contributed by atoms with Crippen molar-refractivity contribution in [3.63, 3.8) is 0 Å². The topological polar surface area (TPSA) is 9.23 Å². The normalized spacial score (nSPS) is 11.8. The molecule has 0 amide bonds. The van der Waals surface area contributed by atoms with Gasteiger partial charge in [-0.3, -0.25) is 0 Å². The SMILES string of the molecule is C=C/C(Oc1ccc(C)cc1)=c1/ccccc1=C. The third kappa shape index (κ3) is 2.69. The lowest BCUT2D eigenvalue weighted by Gasteiger charge is -2.07. The fraction of sp³-hybridized carbons (Fsp3) is 0.0588. The number of hydrogen-bond donors (Lipinski definition) is 0. The maximum Gasteiger partial charge on any atom is 0.134 e. The zero-order chi connectivity index (χ0) is 13.0. The van der Waals surface area contributed by atoms with Gasteiger partial charge in [-0.2, -0.15) is 0 Å². The van der Waals surface area contributed by atoms with Crippen LogP contribution in [0, 0.1) is 6.92 Å². The maximum absolute atomic E-state index is 5.84. The van der Waals surface area contributed by atoms with Crippen LogP contribution < -0.4 is 15.2 Å². The van der Waals surface area contributed by atoms with E-state index in [1.165, 1.54) is 5.56 Å². The van der Waals surface area contributed by atoms with E-state index in [1.54, 1.807) is 6.08 Å². The summed E-state index contributed by atoms with van der Waals surface area (Å²) in [5, 5.41) is 1.90. The zero-order valence-electron chi connectivity index (χ0n) is 10.5. The van der Waals surface area contributed by atoms with Gasteiger partial charge in [-0.15, -0.1) is 0 Å². The fourth-order valence-corrected chi connectivity index (χ4v) is 1.70. The monoisotopic (exact) mass is 236 g/mol. The Balaban J connectivity index is 2.45. The molecule has 0 spiro atoms. The smallest absolute Gasteiger partial charge is 0.134 e. The van der Waals surface area contributed by atoms with Gasteiger partial charge in [-0.1, -0.05) is 55.1 Å². The fourth-order valence-electron chi connectivity index (χ4n) is 1.70. The van der Waals surface area contributed by atoms with Crippen LogP contribution in [0.4, 0.5) is 0 Å². The lowest BCUT2D eigenvalue weighted by atomic mass is 10.2. The first-order chi connectivity index (χ1) is 8.70. The van der Waals surface area contributed by atoms with Crippen LogP contribution in [0.1, 0.15) is 5.56 Å². The Labute approximate surface area is 107 Å². The molecule has 0 N–H and O–H groups in total. The number of aryl methyl sites for hydroxylation is 1. The van der Waals surface area contributed by atoms with E-state index < -0.39 is 0 Å². The molecule has 0 saturated heterocycles. The maximum atomic E-state index is 5.84. The summed E-state index contributed by atoms with van der Waals surface area (Å²) in [6.45, 7) is 9.85. The lowest BCUT2D eigenvalue weighted by Crippen LogP contribution is -2.26. The Morgan fingerprint density at radius 2 is 1.72 bits per heavy atom. The second-order valence-electron chi connectivity index (χ2n) is 4.14. The number of benzene rings is 2. The van der Waals surface area contributed by atoms with E-state index in [2.05, 4.69) is 13.2 Å². The summed E-state index contributed by atoms with van der Waals surface area (Å²) in [7, 11) is 0. The van der Waals surface area contributed by atoms with Crippen molar-refractivity contribution >= 4 is 12.3 Å². The minimum Gasteiger partial charge on any atom is -0.457 e. The van der Waals surface area contributed by atoms with E-state index >= 15 is 0 Å². The second kappa shape index (κ2) is 5.37. The molecule has 0 aliphatic rings. The molecule has 0 aromatic heterocycles. The van der Waals surface area contributed by atoms with Crippen LogP contribution in [0.5, 0.6) is 5.75 Å². The molecule has 0 aliphatic carbocycles. The first-order valence-electron chi connectivity index (χ1n) is 5.86. The quantitative estimate of drug-likeness (QED) is 0.796. The molecule has 0 saturated carbocycles. The number of hydrogen-bond acceptors (Lipinski definition) is 1. The Morgan fingerprint density at radius 1 is 1.06 bits per heavy atom. The first kappa shape index (κ1) is 12.2. The van der Waals surface area contributed by atoms with E-state index in [4.69, 9.17) is 4.74 Å². The van der Waals surface area contributed by atoms with Gasteiger partial charge in [-0.05, 0) is 30.4 Å². The molecule has 2 aromatic carbocycles. The molecule has 0 atom stereocenters. The van der Waals surface area contributed by atoms with Gasteiger partial charge in [-0.25, -0.2) is 0 Å². The summed E-state index contributed by atoms with van der Waals surface area (Å²) in [5.74, 6) is 1.53. The lowest BCUT2D eigenvalue weighted by molar-refractivity contribution is 0.514. The Morgan fingerprint density at radius 3 is 2.33 bits per heavy atom. The Hall–Kier alpha value is -2.28. The highest BCUT2D eigenvalue weighted by Gasteiger charge is 1.98. The average Bonchev–Trinajstić information content (AvgIpc) is 2.39. The summed E-state index contributed by atoms with van der Waals surface area (Å²) < 4.78 is 5.84. The van der Waals surface area contributed by atoms with Crippen molar-refractivity contribution in [1.29, 1.82) is 0 Å². The average molecular weight is 236 g/mol. The molecule has 2 aromatic rings. The van der Waals surface area contributed by atoms with E-state index in [0.29, 0.717) is 0 Å². The largest absolute Gasteiger partial charge is 0.457 e. The minimum atomic E-state index is 0.726. The Bertz CT molecular complexity index is 651. The van der Waals surface area contributed by atoms with Crippen molar-refractivity contribution in [3.8, 4) is 5.75 Å². The van der Waals surface area contributed by atoms with Crippen molar-refractivity contribution in [2.45, 2.75) is 6.92 Å². The van der Waals surface area contributed by atoms with Crippen molar-refractivity contribution in [3.05, 3.63) is 77.2 Å². The highest BCUT2D eigenvalue weighted by atomic mass is 16.5. The summed E-state index contributed by atoms with van der Waals surface area (Å²) in [4.78, 5) is 0. The summed E-state index contributed by atoms with van der Waals surface area (Å²) in [5.41, 5.74) is 1.21. The van der Waals surface area contributed by atoms with Gasteiger partial charge >= 0.3 is 0 Å². The predicted molar refractivity (Wildman–Crippen MR) is 76.6 cm³/mol. The molecule has 0 bridgehead atoms. The number of rotatable bonds is 3. The van der Waals surface area contributed by atoms with E-state index in [1.807, 2.05) is 55.5 Å². The van der Waals surface area contributed by atoms with Gasteiger partial charge in [0.05, 0.1) is 0 Å². The number of ether oxygens (including phenoxy) is 1. The molecule has 0 heterocycles. The molecule has 0 radical (unpaired) electrons. The standard InChI is InChI=1S/C17H16O/c1-4-17(16-8-6-5-7-14(16)3)18-15-11-9-13(2)10-12-15/h4-12H,1,3H2,2H3/b17-16+. The van der Waals surface area contributed by atoms with Crippen LogP contribution >= 0.6 is 0 Å². The minimum absolute atomic E-state index is 0.726. The Kier molecular flexibility index (Phi) is 3.63. The van der Waals surface area contributed by atoms with Crippen LogP contribution in [-0.2, 0) is 0 Å². The van der Waals surface area contributed by atoms with Crippen LogP contribution in [0.2, 0.25) is 0 Å². The molecule has 0 aliphatic heterocycles. The highest BCUT2D eigenvalue weighted by Crippen LogP contribution is 2.14. The van der Waals surface area contributed by atoms with E-state index in [9.17, 15) is 0 Å². The van der Waals surface area contributed by atoms with Crippen molar-refractivity contribution in [1.82, 2.24) is 0 Å². The van der Waals surface area contributed by atoms with Crippen LogP contribution in [0.3, 0.4) is 0 Å². The van der Waals surface area contributed by atoms with E-state index in [-0.39, 0.29) is 0 Å². The molecular formula is C17H16O. The molecule has 90 valence electrons. The molecular weight excluding hydrogens is 220 g/mol. The molecule has 1 nitrogen and oxygen atoms in total. The van der Waals surface area contributed by atoms with Crippen LogP contribution in [-0.4, -0.2) is 0 Å².